The van der Waals surface area contributed by atoms with Crippen molar-refractivity contribution in [3.05, 3.63) is 77.6 Å². The summed E-state index contributed by atoms with van der Waals surface area (Å²) in [7, 11) is -4.26. The van der Waals surface area contributed by atoms with E-state index in [9.17, 15) is 35.2 Å². The van der Waals surface area contributed by atoms with Crippen molar-refractivity contribution in [1.82, 2.24) is 19.6 Å². The minimum Gasteiger partial charge on any atom is -0.349 e. The predicted octanol–water partition coefficient (Wildman–Crippen LogP) is 4.03. The van der Waals surface area contributed by atoms with Crippen molar-refractivity contribution in [2.45, 2.75) is 43.2 Å². The number of halogens is 5. The maximum atomic E-state index is 14.2. The lowest BCUT2D eigenvalue weighted by Crippen LogP contribution is -2.45. The average molecular weight is 541 g/mol. The first-order chi connectivity index (χ1) is 17.4. The number of nitrogens with one attached hydrogen (secondary N) is 1. The van der Waals surface area contributed by atoms with Gasteiger partial charge in [0, 0.05) is 30.9 Å². The molecule has 0 saturated carbocycles. The highest BCUT2D eigenvalue weighted by Crippen LogP contribution is 2.31. The van der Waals surface area contributed by atoms with Gasteiger partial charge in [-0.05, 0) is 54.4 Å². The van der Waals surface area contributed by atoms with Crippen LogP contribution in [0, 0.1) is 12.7 Å². The van der Waals surface area contributed by atoms with Gasteiger partial charge in [0.15, 0.2) is 0 Å². The number of hydrogen-bond acceptors (Lipinski definition) is 5. The molecule has 0 spiro atoms. The molecule has 1 saturated heterocycles. The number of pyridine rings is 2. The molecule has 2 aromatic heterocycles. The van der Waals surface area contributed by atoms with Crippen molar-refractivity contribution >= 4 is 15.9 Å². The van der Waals surface area contributed by atoms with Crippen LogP contribution in [-0.4, -0.2) is 47.4 Å². The van der Waals surface area contributed by atoms with E-state index in [0.717, 1.165) is 40.8 Å². The van der Waals surface area contributed by atoms with Crippen molar-refractivity contribution in [2.75, 3.05) is 6.54 Å². The average Bonchev–Trinajstić information content (AvgIpc) is 3.26. The zero-order valence-electron chi connectivity index (χ0n) is 19.3. The third kappa shape index (κ3) is 5.77. The molecule has 0 bridgehead atoms. The van der Waals surface area contributed by atoms with Gasteiger partial charge >= 0.3 is 6.18 Å². The van der Waals surface area contributed by atoms with Crippen LogP contribution in [0.25, 0.3) is 11.1 Å². The normalized spacial score (nSPS) is 18.6. The summed E-state index contributed by atoms with van der Waals surface area (Å²) in [6, 6.07) is 6.38. The number of benzene rings is 1. The minimum atomic E-state index is -4.57. The highest BCUT2D eigenvalue weighted by Gasteiger charge is 2.44. The molecule has 1 N–H and O–H groups in total. The molecule has 0 unspecified atom stereocenters. The molecule has 0 radical (unpaired) electrons. The second-order valence-electron chi connectivity index (χ2n) is 8.52. The summed E-state index contributed by atoms with van der Waals surface area (Å²) in [6.07, 6.45) is -3.92. The fraction of sp³-hybridized carbons (Fsp3) is 0.292. The Morgan fingerprint density at radius 3 is 2.43 bits per heavy atom. The standard InChI is InChI=1S/C24H21F5N4O3S/c1-14-10-30-18(9-20(14)15-2-7-22(31-11-15)24(27,28)29)12-32-23(34)21-8-17(26)13-33(21)37(35,36)19-5-3-16(25)4-6-19/h2-7,9-11,17,21H,8,12-13H2,1H3,(H,32,34)/t17-,21+/m1/s1. The number of aromatic nitrogens is 2. The maximum absolute atomic E-state index is 14.2. The van der Waals surface area contributed by atoms with Gasteiger partial charge in [0.2, 0.25) is 15.9 Å². The van der Waals surface area contributed by atoms with E-state index in [1.807, 2.05) is 0 Å². The molecular formula is C24H21F5N4O3S. The van der Waals surface area contributed by atoms with Gasteiger partial charge in [0.1, 0.15) is 23.7 Å². The summed E-state index contributed by atoms with van der Waals surface area (Å²) in [4.78, 5) is 20.3. The highest BCUT2D eigenvalue weighted by molar-refractivity contribution is 7.89. The summed E-state index contributed by atoms with van der Waals surface area (Å²) in [5.74, 6) is -1.39. The first-order valence-corrected chi connectivity index (χ1v) is 12.5. The summed E-state index contributed by atoms with van der Waals surface area (Å²) >= 11 is 0. The first-order valence-electron chi connectivity index (χ1n) is 11.0. The van der Waals surface area contributed by atoms with Crippen molar-refractivity contribution in [3.63, 3.8) is 0 Å². The number of alkyl halides is 4. The van der Waals surface area contributed by atoms with Crippen molar-refractivity contribution in [3.8, 4) is 11.1 Å². The Morgan fingerprint density at radius 2 is 1.81 bits per heavy atom. The Morgan fingerprint density at radius 1 is 1.11 bits per heavy atom. The van der Waals surface area contributed by atoms with Gasteiger partial charge in [-0.2, -0.15) is 17.5 Å². The van der Waals surface area contributed by atoms with Gasteiger partial charge in [0.05, 0.1) is 17.1 Å². The van der Waals surface area contributed by atoms with Crippen LogP contribution in [0.1, 0.15) is 23.4 Å². The number of sulfonamides is 1. The first kappa shape index (κ1) is 26.6. The molecule has 1 aliphatic heterocycles. The lowest BCUT2D eigenvalue weighted by Gasteiger charge is -2.23. The Bertz CT molecular complexity index is 1400. The van der Waals surface area contributed by atoms with Gasteiger partial charge in [-0.3, -0.25) is 14.8 Å². The van der Waals surface area contributed by atoms with Gasteiger partial charge in [-0.25, -0.2) is 17.2 Å². The van der Waals surface area contributed by atoms with Gasteiger partial charge in [-0.1, -0.05) is 6.07 Å². The summed E-state index contributed by atoms with van der Waals surface area (Å²) in [5.41, 5.74) is 0.929. The lowest BCUT2D eigenvalue weighted by atomic mass is 10.0. The summed E-state index contributed by atoms with van der Waals surface area (Å²) < 4.78 is 92.6. The number of hydrogen-bond donors (Lipinski definition) is 1. The van der Waals surface area contributed by atoms with E-state index in [0.29, 0.717) is 22.4 Å². The van der Waals surface area contributed by atoms with Crippen LogP contribution < -0.4 is 5.32 Å². The Hall–Kier alpha value is -3.45. The quantitative estimate of drug-likeness (QED) is 0.477. The number of aryl methyl sites for hydroxylation is 1. The number of rotatable bonds is 6. The molecule has 1 amide bonds. The fourth-order valence-electron chi connectivity index (χ4n) is 3.99. The van der Waals surface area contributed by atoms with Crippen LogP contribution in [-0.2, 0) is 27.5 Å². The van der Waals surface area contributed by atoms with Crippen LogP contribution in [0.3, 0.4) is 0 Å². The van der Waals surface area contributed by atoms with E-state index in [1.54, 1.807) is 13.0 Å². The maximum Gasteiger partial charge on any atom is 0.433 e. The van der Waals surface area contributed by atoms with E-state index in [2.05, 4.69) is 15.3 Å². The van der Waals surface area contributed by atoms with Crippen molar-refractivity contribution in [2.24, 2.45) is 0 Å². The van der Waals surface area contributed by atoms with Crippen LogP contribution >= 0.6 is 0 Å². The van der Waals surface area contributed by atoms with E-state index in [-0.39, 0.29) is 17.9 Å². The lowest BCUT2D eigenvalue weighted by molar-refractivity contribution is -0.141. The van der Waals surface area contributed by atoms with Crippen LogP contribution in [0.2, 0.25) is 0 Å². The van der Waals surface area contributed by atoms with Crippen molar-refractivity contribution < 1.29 is 35.2 Å². The number of carbonyl (C=O) groups excluding carboxylic acids is 1. The molecule has 37 heavy (non-hydrogen) atoms. The molecular weight excluding hydrogens is 519 g/mol. The topological polar surface area (TPSA) is 92.3 Å². The number of nitrogens with zero attached hydrogens (tertiary/aromatic N) is 3. The van der Waals surface area contributed by atoms with E-state index in [4.69, 9.17) is 0 Å². The molecule has 3 heterocycles. The van der Waals surface area contributed by atoms with Crippen LogP contribution in [0.4, 0.5) is 22.0 Å². The monoisotopic (exact) mass is 540 g/mol. The Balaban J connectivity index is 1.50. The second-order valence-corrected chi connectivity index (χ2v) is 10.4. The second kappa shape index (κ2) is 10.1. The molecule has 4 rings (SSSR count). The molecule has 2 atom stereocenters. The molecule has 1 aliphatic rings. The largest absolute Gasteiger partial charge is 0.433 e. The Labute approximate surface area is 209 Å². The fourth-order valence-corrected chi connectivity index (χ4v) is 5.62. The number of amides is 1. The zero-order valence-corrected chi connectivity index (χ0v) is 20.2. The van der Waals surface area contributed by atoms with Gasteiger partial charge in [0.25, 0.3) is 0 Å². The van der Waals surface area contributed by atoms with Gasteiger partial charge < -0.3 is 5.32 Å². The summed E-state index contributed by atoms with van der Waals surface area (Å²) in [5, 5.41) is 2.55. The third-order valence-corrected chi connectivity index (χ3v) is 7.78. The van der Waals surface area contributed by atoms with Crippen LogP contribution in [0.15, 0.2) is 59.8 Å². The highest BCUT2D eigenvalue weighted by atomic mass is 32.2. The smallest absolute Gasteiger partial charge is 0.349 e. The molecule has 13 heteroatoms. The molecule has 1 fully saturated rings. The van der Waals surface area contributed by atoms with Crippen molar-refractivity contribution in [1.29, 1.82) is 0 Å². The molecule has 1 aromatic carbocycles. The predicted molar refractivity (Wildman–Crippen MR) is 123 cm³/mol. The van der Waals surface area contributed by atoms with E-state index in [1.165, 1.54) is 12.3 Å². The molecule has 3 aromatic rings. The number of carbonyl (C=O) groups is 1. The SMILES string of the molecule is Cc1cnc(CNC(=O)[C@@H]2C[C@@H](F)CN2S(=O)(=O)c2ccc(F)cc2)cc1-c1ccc(C(F)(F)F)nc1. The van der Waals surface area contributed by atoms with Gasteiger partial charge in [-0.15, -0.1) is 0 Å². The van der Waals surface area contributed by atoms with E-state index >= 15 is 0 Å². The Kier molecular flexibility index (Phi) is 7.29. The molecule has 7 nitrogen and oxygen atoms in total. The third-order valence-electron chi connectivity index (χ3n) is 5.90. The molecule has 196 valence electrons. The van der Waals surface area contributed by atoms with E-state index < -0.39 is 52.4 Å². The van der Waals surface area contributed by atoms with Crippen LogP contribution in [0.5, 0.6) is 0 Å². The molecule has 0 aliphatic carbocycles. The minimum absolute atomic E-state index is 0.141. The zero-order chi connectivity index (χ0) is 27.0. The summed E-state index contributed by atoms with van der Waals surface area (Å²) in [6.45, 7) is 1.05.